The maximum absolute atomic E-state index is 14.0. The number of aromatic nitrogens is 3. The van der Waals surface area contributed by atoms with Crippen LogP contribution in [0.25, 0.3) is 16.6 Å². The fraction of sp³-hybridized carbons (Fsp3) is 0.200. The zero-order valence-electron chi connectivity index (χ0n) is 12.8. The second-order valence-corrected chi connectivity index (χ2v) is 4.85. The van der Waals surface area contributed by atoms with Crippen LogP contribution in [-0.2, 0) is 0 Å². The zero-order chi connectivity index (χ0) is 17.5. The minimum atomic E-state index is -4.61. The van der Waals surface area contributed by atoms with Gasteiger partial charge in [0.05, 0.1) is 6.89 Å². The maximum atomic E-state index is 14.0. The van der Waals surface area contributed by atoms with E-state index >= 15 is 0 Å². The predicted octanol–water partition coefficient (Wildman–Crippen LogP) is 3.87. The van der Waals surface area contributed by atoms with Gasteiger partial charge >= 0.3 is 6.18 Å². The maximum Gasteiger partial charge on any atom is 0.425 e. The van der Waals surface area contributed by atoms with Gasteiger partial charge in [0.15, 0.2) is 11.9 Å². The second kappa shape index (κ2) is 5.53. The van der Waals surface area contributed by atoms with Crippen molar-refractivity contribution in [3.8, 4) is 17.0 Å². The van der Waals surface area contributed by atoms with Crippen LogP contribution in [0.2, 0.25) is 0 Å². The van der Waals surface area contributed by atoms with Gasteiger partial charge in [0.1, 0.15) is 0 Å². The highest BCUT2D eigenvalue weighted by molar-refractivity contribution is 5.68. The van der Waals surface area contributed by atoms with Crippen LogP contribution < -0.4 is 4.74 Å². The van der Waals surface area contributed by atoms with Crippen molar-refractivity contribution in [1.82, 2.24) is 14.6 Å². The molecular weight excluding hydrogens is 314 g/mol. The molecule has 1 atom stereocenters. The molecule has 0 bridgehead atoms. The fourth-order valence-corrected chi connectivity index (χ4v) is 1.94. The molecular formula is C15H11F4N3O. The van der Waals surface area contributed by atoms with Gasteiger partial charge in [-0.2, -0.15) is 18.3 Å². The Morgan fingerprint density at radius 3 is 2.78 bits per heavy atom. The Morgan fingerprint density at radius 1 is 1.30 bits per heavy atom. The first-order valence-corrected chi connectivity index (χ1v) is 6.59. The highest BCUT2D eigenvalue weighted by Gasteiger charge is 2.38. The lowest BCUT2D eigenvalue weighted by Crippen LogP contribution is -2.31. The van der Waals surface area contributed by atoms with Crippen LogP contribution in [0.1, 0.15) is 8.29 Å². The number of fused-ring (bicyclic) bond motifs is 1. The Balaban J connectivity index is 1.92. The molecule has 0 aromatic carbocycles. The summed E-state index contributed by atoms with van der Waals surface area (Å²) < 4.78 is 65.1. The summed E-state index contributed by atoms with van der Waals surface area (Å²) in [6.07, 6.45) is -2.60. The van der Waals surface area contributed by atoms with E-state index in [0.717, 1.165) is 13.0 Å². The highest BCUT2D eigenvalue weighted by Crippen LogP contribution is 2.28. The monoisotopic (exact) mass is 326 g/mol. The third-order valence-electron chi connectivity index (χ3n) is 3.22. The van der Waals surface area contributed by atoms with Gasteiger partial charge in [-0.1, -0.05) is 0 Å². The van der Waals surface area contributed by atoms with Crippen LogP contribution in [0, 0.1) is 5.82 Å². The lowest BCUT2D eigenvalue weighted by atomic mass is 10.1. The number of pyridine rings is 2. The van der Waals surface area contributed by atoms with Crippen molar-refractivity contribution >= 4 is 5.52 Å². The summed E-state index contributed by atoms with van der Waals surface area (Å²) in [7, 11) is 0. The van der Waals surface area contributed by atoms with Gasteiger partial charge in [0.2, 0.25) is 0 Å². The SMILES string of the molecule is [2H]c1cnn2ccc(-c3cnc(O[C@H](C)C(F)(F)F)c(F)c3)cc12. The van der Waals surface area contributed by atoms with E-state index in [4.69, 9.17) is 1.37 Å². The lowest BCUT2D eigenvalue weighted by Gasteiger charge is -2.17. The van der Waals surface area contributed by atoms with Crippen LogP contribution in [0.5, 0.6) is 5.88 Å². The minimum absolute atomic E-state index is 0.198. The van der Waals surface area contributed by atoms with Crippen molar-refractivity contribution in [2.24, 2.45) is 0 Å². The molecule has 0 unspecified atom stereocenters. The quantitative estimate of drug-likeness (QED) is 0.686. The number of halogens is 4. The number of nitrogens with zero attached hydrogens (tertiary/aromatic N) is 3. The normalized spacial score (nSPS) is 13.9. The van der Waals surface area contributed by atoms with Crippen molar-refractivity contribution in [3.05, 3.63) is 48.6 Å². The van der Waals surface area contributed by atoms with Crippen LogP contribution in [-0.4, -0.2) is 26.9 Å². The van der Waals surface area contributed by atoms with Gasteiger partial charge in [-0.15, -0.1) is 0 Å². The second-order valence-electron chi connectivity index (χ2n) is 4.85. The van der Waals surface area contributed by atoms with Gasteiger partial charge in [-0.3, -0.25) is 0 Å². The van der Waals surface area contributed by atoms with E-state index in [0.29, 0.717) is 16.6 Å². The number of hydrogen-bond donors (Lipinski definition) is 0. The first-order valence-electron chi connectivity index (χ1n) is 7.09. The number of alkyl halides is 3. The topological polar surface area (TPSA) is 39.4 Å². The zero-order valence-corrected chi connectivity index (χ0v) is 11.8. The predicted molar refractivity (Wildman–Crippen MR) is 74.5 cm³/mol. The molecule has 0 saturated heterocycles. The third kappa shape index (κ3) is 3.10. The largest absolute Gasteiger partial charge is 0.463 e. The summed E-state index contributed by atoms with van der Waals surface area (Å²) >= 11 is 0. The van der Waals surface area contributed by atoms with E-state index in [1.54, 1.807) is 18.3 Å². The van der Waals surface area contributed by atoms with Gasteiger partial charge in [-0.05, 0) is 36.7 Å². The van der Waals surface area contributed by atoms with E-state index in [1.807, 2.05) is 0 Å². The Kier molecular flexibility index (Phi) is 3.36. The Labute approximate surface area is 129 Å². The molecule has 0 aliphatic rings. The summed E-state index contributed by atoms with van der Waals surface area (Å²) in [6.45, 7) is 0.776. The van der Waals surface area contributed by atoms with E-state index in [1.165, 1.54) is 16.9 Å². The van der Waals surface area contributed by atoms with Crippen molar-refractivity contribution in [3.63, 3.8) is 0 Å². The first-order chi connectivity index (χ1) is 11.3. The summed E-state index contributed by atoms with van der Waals surface area (Å²) in [4.78, 5) is 3.63. The molecule has 0 N–H and O–H groups in total. The van der Waals surface area contributed by atoms with Crippen molar-refractivity contribution < 1.29 is 23.7 Å². The van der Waals surface area contributed by atoms with E-state index in [-0.39, 0.29) is 6.04 Å². The first kappa shape index (κ1) is 14.0. The fourth-order valence-electron chi connectivity index (χ4n) is 1.94. The molecule has 3 heterocycles. The molecule has 0 aliphatic carbocycles. The molecule has 3 rings (SSSR count). The summed E-state index contributed by atoms with van der Waals surface area (Å²) in [5.74, 6) is -1.71. The lowest BCUT2D eigenvalue weighted by molar-refractivity contribution is -0.190. The Hall–Kier alpha value is -2.64. The third-order valence-corrected chi connectivity index (χ3v) is 3.22. The highest BCUT2D eigenvalue weighted by atomic mass is 19.4. The van der Waals surface area contributed by atoms with Crippen molar-refractivity contribution in [2.75, 3.05) is 0 Å². The van der Waals surface area contributed by atoms with Crippen molar-refractivity contribution in [2.45, 2.75) is 19.2 Å². The molecule has 0 aliphatic heterocycles. The van der Waals surface area contributed by atoms with Crippen LogP contribution >= 0.6 is 0 Å². The summed E-state index contributed by atoms with van der Waals surface area (Å²) in [5.41, 5.74) is 1.42. The standard InChI is InChI=1S/C15H11F4N3O/c1-9(15(17,18)19)23-14-13(16)7-11(8-20-14)10-3-5-22-12(6-10)2-4-21-22/h2-9H,1H3/t9-/m1/s1/i2D. The number of rotatable bonds is 3. The summed E-state index contributed by atoms with van der Waals surface area (Å²) in [5, 5.41) is 3.95. The molecule has 3 aromatic rings. The van der Waals surface area contributed by atoms with Gasteiger partial charge in [-0.25, -0.2) is 13.9 Å². The molecule has 0 spiro atoms. The van der Waals surface area contributed by atoms with Gasteiger partial charge < -0.3 is 4.74 Å². The smallest absolute Gasteiger partial charge is 0.425 e. The average Bonchev–Trinajstić information content (AvgIpc) is 2.89. The molecule has 23 heavy (non-hydrogen) atoms. The van der Waals surface area contributed by atoms with Crippen LogP contribution in [0.4, 0.5) is 17.6 Å². The molecule has 0 amide bonds. The van der Waals surface area contributed by atoms with E-state index < -0.39 is 24.0 Å². The molecule has 4 nitrogen and oxygen atoms in total. The summed E-state index contributed by atoms with van der Waals surface area (Å²) in [6, 6.07) is 4.49. The van der Waals surface area contributed by atoms with E-state index in [2.05, 4.69) is 14.8 Å². The minimum Gasteiger partial charge on any atom is -0.463 e. The molecule has 0 fully saturated rings. The Bertz CT molecular complexity index is 894. The van der Waals surface area contributed by atoms with Gasteiger partial charge in [0.25, 0.3) is 5.88 Å². The van der Waals surface area contributed by atoms with Gasteiger partial charge in [0, 0.05) is 24.2 Å². The molecule has 0 saturated carbocycles. The van der Waals surface area contributed by atoms with Crippen LogP contribution in [0.15, 0.2) is 42.8 Å². The molecule has 3 aromatic heterocycles. The average molecular weight is 326 g/mol. The van der Waals surface area contributed by atoms with E-state index in [9.17, 15) is 17.6 Å². The van der Waals surface area contributed by atoms with Crippen molar-refractivity contribution in [1.29, 1.82) is 0 Å². The number of ether oxygens (including phenoxy) is 1. The number of hydrogen-bond acceptors (Lipinski definition) is 3. The Morgan fingerprint density at radius 2 is 2.09 bits per heavy atom. The molecule has 8 heteroatoms. The molecule has 0 radical (unpaired) electrons. The molecule has 120 valence electrons. The van der Waals surface area contributed by atoms with Crippen LogP contribution in [0.3, 0.4) is 0 Å².